The molecule has 0 aromatic carbocycles. The summed E-state index contributed by atoms with van der Waals surface area (Å²) in [6.45, 7) is 8.62. The molecule has 0 aliphatic carbocycles. The largest absolute Gasteiger partial charge is 0.393 e. The van der Waals surface area contributed by atoms with Crippen molar-refractivity contribution >= 4 is 0 Å². The van der Waals surface area contributed by atoms with Gasteiger partial charge in [0.25, 0.3) is 0 Å². The second-order valence-corrected chi connectivity index (χ2v) is 3.63. The third-order valence-electron chi connectivity index (χ3n) is 2.47. The van der Waals surface area contributed by atoms with Gasteiger partial charge in [0.2, 0.25) is 0 Å². The molecular weight excluding hydrogens is 154 g/mol. The highest BCUT2D eigenvalue weighted by atomic mass is 16.5. The lowest BCUT2D eigenvalue weighted by atomic mass is 10.1. The van der Waals surface area contributed by atoms with Crippen molar-refractivity contribution in [2.24, 2.45) is 5.92 Å². The topological polar surface area (TPSA) is 32.7 Å². The SMILES string of the molecule is C[C@H](CN1CCOCC1)[C@@H](C)O. The Morgan fingerprint density at radius 3 is 2.42 bits per heavy atom. The summed E-state index contributed by atoms with van der Waals surface area (Å²) in [5.74, 6) is 0.364. The minimum Gasteiger partial charge on any atom is -0.393 e. The van der Waals surface area contributed by atoms with Crippen LogP contribution in [0.5, 0.6) is 0 Å². The number of hydrogen-bond donors (Lipinski definition) is 1. The number of aliphatic hydroxyl groups is 1. The normalized spacial score (nSPS) is 25.2. The Bertz CT molecular complexity index is 122. The molecule has 0 aromatic heterocycles. The maximum atomic E-state index is 9.29. The quantitative estimate of drug-likeness (QED) is 0.668. The van der Waals surface area contributed by atoms with Gasteiger partial charge in [-0.25, -0.2) is 0 Å². The van der Waals surface area contributed by atoms with Crippen LogP contribution in [0.3, 0.4) is 0 Å². The van der Waals surface area contributed by atoms with Crippen LogP contribution < -0.4 is 0 Å². The number of rotatable bonds is 3. The Kier molecular flexibility index (Phi) is 3.98. The number of hydrogen-bond acceptors (Lipinski definition) is 3. The molecule has 3 nitrogen and oxygen atoms in total. The molecule has 0 amide bonds. The van der Waals surface area contributed by atoms with Crippen LogP contribution in [0.15, 0.2) is 0 Å². The molecule has 72 valence electrons. The van der Waals surface area contributed by atoms with E-state index in [9.17, 15) is 5.11 Å². The van der Waals surface area contributed by atoms with Gasteiger partial charge < -0.3 is 9.84 Å². The van der Waals surface area contributed by atoms with Crippen LogP contribution in [0.2, 0.25) is 0 Å². The predicted octanol–water partition coefficient (Wildman–Crippen LogP) is 0.336. The van der Waals surface area contributed by atoms with Gasteiger partial charge in [-0.05, 0) is 12.8 Å². The lowest BCUT2D eigenvalue weighted by Crippen LogP contribution is -2.40. The average Bonchev–Trinajstić information content (AvgIpc) is 2.06. The molecule has 1 N–H and O–H groups in total. The molecule has 1 aliphatic rings. The van der Waals surface area contributed by atoms with Crippen molar-refractivity contribution < 1.29 is 9.84 Å². The van der Waals surface area contributed by atoms with E-state index >= 15 is 0 Å². The maximum Gasteiger partial charge on any atom is 0.0594 e. The minimum atomic E-state index is -0.201. The maximum absolute atomic E-state index is 9.29. The molecule has 1 fully saturated rings. The Labute approximate surface area is 74.3 Å². The Morgan fingerprint density at radius 1 is 1.33 bits per heavy atom. The summed E-state index contributed by atoms with van der Waals surface area (Å²) in [6.07, 6.45) is -0.201. The number of ether oxygens (including phenoxy) is 1. The zero-order valence-electron chi connectivity index (χ0n) is 7.99. The highest BCUT2D eigenvalue weighted by Crippen LogP contribution is 2.06. The third-order valence-corrected chi connectivity index (χ3v) is 2.47. The fourth-order valence-corrected chi connectivity index (χ4v) is 1.34. The zero-order chi connectivity index (χ0) is 8.97. The van der Waals surface area contributed by atoms with Crippen LogP contribution in [-0.4, -0.2) is 49.0 Å². The van der Waals surface area contributed by atoms with E-state index in [1.54, 1.807) is 0 Å². The molecule has 0 aromatic rings. The average molecular weight is 173 g/mol. The molecule has 12 heavy (non-hydrogen) atoms. The molecule has 0 radical (unpaired) electrons. The number of aliphatic hydroxyl groups excluding tert-OH is 1. The van der Waals surface area contributed by atoms with E-state index in [2.05, 4.69) is 11.8 Å². The molecule has 0 bridgehead atoms. The summed E-state index contributed by atoms with van der Waals surface area (Å²) < 4.78 is 5.24. The minimum absolute atomic E-state index is 0.201. The van der Waals surface area contributed by atoms with Crippen LogP contribution in [-0.2, 0) is 4.74 Å². The number of nitrogens with zero attached hydrogens (tertiary/aromatic N) is 1. The van der Waals surface area contributed by atoms with Gasteiger partial charge in [0.05, 0.1) is 19.3 Å². The molecular formula is C9H19NO2. The fraction of sp³-hybridized carbons (Fsp3) is 1.00. The molecule has 2 atom stereocenters. The Hall–Kier alpha value is -0.120. The van der Waals surface area contributed by atoms with Crippen LogP contribution in [0.1, 0.15) is 13.8 Å². The van der Waals surface area contributed by atoms with Crippen molar-refractivity contribution in [3.8, 4) is 0 Å². The van der Waals surface area contributed by atoms with Crippen molar-refractivity contribution in [1.29, 1.82) is 0 Å². The van der Waals surface area contributed by atoms with Crippen LogP contribution in [0.4, 0.5) is 0 Å². The first kappa shape index (κ1) is 9.96. The molecule has 1 aliphatic heterocycles. The summed E-state index contributed by atoms with van der Waals surface area (Å²) in [7, 11) is 0. The van der Waals surface area contributed by atoms with Gasteiger partial charge in [0, 0.05) is 19.6 Å². The monoisotopic (exact) mass is 173 g/mol. The van der Waals surface area contributed by atoms with Crippen molar-refractivity contribution in [2.45, 2.75) is 20.0 Å². The van der Waals surface area contributed by atoms with Gasteiger partial charge in [-0.3, -0.25) is 4.90 Å². The van der Waals surface area contributed by atoms with Crippen LogP contribution in [0, 0.1) is 5.92 Å². The zero-order valence-corrected chi connectivity index (χ0v) is 7.99. The van der Waals surface area contributed by atoms with Gasteiger partial charge in [0.15, 0.2) is 0 Å². The molecule has 1 heterocycles. The summed E-state index contributed by atoms with van der Waals surface area (Å²) in [5, 5.41) is 9.29. The van der Waals surface area contributed by atoms with E-state index in [0.29, 0.717) is 5.92 Å². The molecule has 1 rings (SSSR count). The molecule has 0 spiro atoms. The van der Waals surface area contributed by atoms with Crippen LogP contribution in [0.25, 0.3) is 0 Å². The first-order chi connectivity index (χ1) is 5.70. The van der Waals surface area contributed by atoms with Gasteiger partial charge in [-0.2, -0.15) is 0 Å². The van der Waals surface area contributed by atoms with E-state index in [0.717, 1.165) is 32.8 Å². The van der Waals surface area contributed by atoms with Crippen LogP contribution >= 0.6 is 0 Å². The van der Waals surface area contributed by atoms with Gasteiger partial charge in [-0.15, -0.1) is 0 Å². The van der Waals surface area contributed by atoms with E-state index in [1.165, 1.54) is 0 Å². The van der Waals surface area contributed by atoms with Gasteiger partial charge in [-0.1, -0.05) is 6.92 Å². The summed E-state index contributed by atoms with van der Waals surface area (Å²) in [6, 6.07) is 0. The molecule has 3 heteroatoms. The first-order valence-corrected chi connectivity index (χ1v) is 4.68. The smallest absolute Gasteiger partial charge is 0.0594 e. The van der Waals surface area contributed by atoms with Gasteiger partial charge >= 0.3 is 0 Å². The summed E-state index contributed by atoms with van der Waals surface area (Å²) >= 11 is 0. The van der Waals surface area contributed by atoms with Crippen molar-refractivity contribution in [3.05, 3.63) is 0 Å². The number of morpholine rings is 1. The van der Waals surface area contributed by atoms with Crippen molar-refractivity contribution in [3.63, 3.8) is 0 Å². The predicted molar refractivity (Wildman–Crippen MR) is 48.1 cm³/mol. The third kappa shape index (κ3) is 3.09. The standard InChI is InChI=1S/C9H19NO2/c1-8(9(2)11)7-10-3-5-12-6-4-10/h8-9,11H,3-7H2,1-2H3/t8-,9-/m1/s1. The highest BCUT2D eigenvalue weighted by molar-refractivity contribution is 4.68. The van der Waals surface area contributed by atoms with Gasteiger partial charge in [0.1, 0.15) is 0 Å². The van der Waals surface area contributed by atoms with Crippen molar-refractivity contribution in [2.75, 3.05) is 32.8 Å². The van der Waals surface area contributed by atoms with Crippen molar-refractivity contribution in [1.82, 2.24) is 4.90 Å². The summed E-state index contributed by atoms with van der Waals surface area (Å²) in [5.41, 5.74) is 0. The second kappa shape index (κ2) is 4.80. The lowest BCUT2D eigenvalue weighted by Gasteiger charge is -2.29. The second-order valence-electron chi connectivity index (χ2n) is 3.63. The highest BCUT2D eigenvalue weighted by Gasteiger charge is 2.16. The summed E-state index contributed by atoms with van der Waals surface area (Å²) in [4.78, 5) is 2.35. The van der Waals surface area contributed by atoms with E-state index in [-0.39, 0.29) is 6.10 Å². The lowest BCUT2D eigenvalue weighted by molar-refractivity contribution is 0.0183. The van der Waals surface area contributed by atoms with E-state index in [1.807, 2.05) is 6.92 Å². The first-order valence-electron chi connectivity index (χ1n) is 4.68. The van der Waals surface area contributed by atoms with E-state index < -0.39 is 0 Å². The molecule has 1 saturated heterocycles. The molecule has 0 unspecified atom stereocenters. The van der Waals surface area contributed by atoms with E-state index in [4.69, 9.17) is 4.74 Å². The fourth-order valence-electron chi connectivity index (χ4n) is 1.34. The Balaban J connectivity index is 2.20. The molecule has 0 saturated carbocycles. The Morgan fingerprint density at radius 2 is 1.92 bits per heavy atom.